The van der Waals surface area contributed by atoms with E-state index in [1.807, 2.05) is 22.4 Å². The quantitative estimate of drug-likeness (QED) is 0.885. The molecule has 0 bridgehead atoms. The van der Waals surface area contributed by atoms with Crippen LogP contribution < -0.4 is 5.73 Å². The molecule has 2 rings (SSSR count). The molecule has 1 aliphatic rings. The molecule has 92 valence electrons. The molecule has 0 unspecified atom stereocenters. The summed E-state index contributed by atoms with van der Waals surface area (Å²) in [5.74, 6) is 0.213. The lowest BCUT2D eigenvalue weighted by atomic mass is 9.93. The summed E-state index contributed by atoms with van der Waals surface area (Å²) < 4.78 is 0. The Morgan fingerprint density at radius 2 is 2.12 bits per heavy atom. The molecule has 5 heteroatoms. The number of hydrogen-bond donors (Lipinski definition) is 1. The fourth-order valence-corrected chi connectivity index (χ4v) is 2.87. The Morgan fingerprint density at radius 1 is 1.41 bits per heavy atom. The zero-order chi connectivity index (χ0) is 12.3. The minimum absolute atomic E-state index is 0.109. The van der Waals surface area contributed by atoms with E-state index in [4.69, 9.17) is 5.73 Å². The molecule has 1 aromatic heterocycles. The van der Waals surface area contributed by atoms with E-state index in [1.54, 1.807) is 0 Å². The first-order valence-corrected chi connectivity index (χ1v) is 6.66. The molecule has 2 heterocycles. The summed E-state index contributed by atoms with van der Waals surface area (Å²) in [6, 6.07) is 3.74. The molecule has 17 heavy (non-hydrogen) atoms. The van der Waals surface area contributed by atoms with Crippen LogP contribution in [0.1, 0.15) is 28.9 Å². The third kappa shape index (κ3) is 3.06. The minimum atomic E-state index is -0.243. The zero-order valence-corrected chi connectivity index (χ0v) is 10.4. The van der Waals surface area contributed by atoms with Crippen LogP contribution in [0.5, 0.6) is 0 Å². The molecular formula is C12H16N2O2S. The summed E-state index contributed by atoms with van der Waals surface area (Å²) in [5.41, 5.74) is 5.18. The molecule has 0 spiro atoms. The van der Waals surface area contributed by atoms with Crippen LogP contribution in [0, 0.1) is 5.92 Å². The highest BCUT2D eigenvalue weighted by molar-refractivity contribution is 7.12. The van der Waals surface area contributed by atoms with Gasteiger partial charge >= 0.3 is 0 Å². The van der Waals surface area contributed by atoms with Crippen molar-refractivity contribution in [2.75, 3.05) is 13.1 Å². The first kappa shape index (κ1) is 12.1. The number of primary amides is 1. The Labute approximate surface area is 104 Å². The van der Waals surface area contributed by atoms with E-state index in [0.29, 0.717) is 12.3 Å². The minimum Gasteiger partial charge on any atom is -0.370 e. The van der Waals surface area contributed by atoms with Gasteiger partial charge in [0.2, 0.25) is 5.91 Å². The lowest BCUT2D eigenvalue weighted by molar-refractivity contribution is -0.119. The number of carbonyl (C=O) groups is 2. The average Bonchev–Trinajstić information content (AvgIpc) is 2.82. The molecule has 2 N–H and O–H groups in total. The summed E-state index contributed by atoms with van der Waals surface area (Å²) in [4.78, 5) is 25.5. The van der Waals surface area contributed by atoms with Crippen molar-refractivity contribution in [1.82, 2.24) is 4.90 Å². The van der Waals surface area contributed by atoms with Gasteiger partial charge in [-0.15, -0.1) is 11.3 Å². The van der Waals surface area contributed by atoms with Crippen molar-refractivity contribution < 1.29 is 9.59 Å². The summed E-state index contributed by atoms with van der Waals surface area (Å²) in [6.45, 7) is 1.46. The predicted octanol–water partition coefficient (Wildman–Crippen LogP) is 1.48. The zero-order valence-electron chi connectivity index (χ0n) is 9.59. The van der Waals surface area contributed by atoms with E-state index in [-0.39, 0.29) is 11.8 Å². The summed E-state index contributed by atoms with van der Waals surface area (Å²) in [7, 11) is 0. The SMILES string of the molecule is NC(=O)CC1CCN(C(=O)c2cccs2)CC1. The van der Waals surface area contributed by atoms with E-state index in [2.05, 4.69) is 0 Å². The summed E-state index contributed by atoms with van der Waals surface area (Å²) >= 11 is 1.47. The Balaban J connectivity index is 1.87. The van der Waals surface area contributed by atoms with Gasteiger partial charge in [-0.05, 0) is 30.2 Å². The van der Waals surface area contributed by atoms with E-state index >= 15 is 0 Å². The van der Waals surface area contributed by atoms with Gasteiger partial charge in [0.15, 0.2) is 0 Å². The molecule has 0 aliphatic carbocycles. The van der Waals surface area contributed by atoms with Gasteiger partial charge in [-0.2, -0.15) is 0 Å². The van der Waals surface area contributed by atoms with Gasteiger partial charge < -0.3 is 10.6 Å². The Morgan fingerprint density at radius 3 is 2.65 bits per heavy atom. The van der Waals surface area contributed by atoms with Crippen LogP contribution >= 0.6 is 11.3 Å². The maximum absolute atomic E-state index is 12.0. The number of rotatable bonds is 3. The first-order valence-electron chi connectivity index (χ1n) is 5.78. The smallest absolute Gasteiger partial charge is 0.263 e. The third-order valence-corrected chi connectivity index (χ3v) is 3.98. The van der Waals surface area contributed by atoms with Gasteiger partial charge in [0.1, 0.15) is 0 Å². The lowest BCUT2D eigenvalue weighted by Gasteiger charge is -2.31. The second-order valence-corrected chi connectivity index (χ2v) is 5.33. The van der Waals surface area contributed by atoms with E-state index in [0.717, 1.165) is 30.8 Å². The molecule has 0 saturated carbocycles. The number of carbonyl (C=O) groups excluding carboxylic acids is 2. The van der Waals surface area contributed by atoms with E-state index in [1.165, 1.54) is 11.3 Å². The van der Waals surface area contributed by atoms with Gasteiger partial charge in [0.05, 0.1) is 4.88 Å². The molecule has 4 nitrogen and oxygen atoms in total. The molecule has 2 amide bonds. The fraction of sp³-hybridized carbons (Fsp3) is 0.500. The number of nitrogens with zero attached hydrogens (tertiary/aromatic N) is 1. The maximum atomic E-state index is 12.0. The standard InChI is InChI=1S/C12H16N2O2S/c13-11(15)8-9-3-5-14(6-4-9)12(16)10-2-1-7-17-10/h1-2,7,9H,3-6,8H2,(H2,13,15). The predicted molar refractivity (Wildman–Crippen MR) is 66.8 cm³/mol. The number of amides is 2. The van der Waals surface area contributed by atoms with E-state index < -0.39 is 0 Å². The van der Waals surface area contributed by atoms with Gasteiger partial charge in [-0.25, -0.2) is 0 Å². The summed E-state index contributed by atoms with van der Waals surface area (Å²) in [6.07, 6.45) is 2.20. The number of thiophene rings is 1. The molecule has 0 atom stereocenters. The lowest BCUT2D eigenvalue weighted by Crippen LogP contribution is -2.39. The molecule has 1 fully saturated rings. The van der Waals surface area contributed by atoms with Crippen molar-refractivity contribution in [1.29, 1.82) is 0 Å². The highest BCUT2D eigenvalue weighted by Crippen LogP contribution is 2.22. The number of piperidine rings is 1. The van der Waals surface area contributed by atoms with Gasteiger partial charge in [0.25, 0.3) is 5.91 Å². The molecule has 0 aromatic carbocycles. The number of likely N-dealkylation sites (tertiary alicyclic amines) is 1. The van der Waals surface area contributed by atoms with Gasteiger partial charge in [-0.1, -0.05) is 6.07 Å². The van der Waals surface area contributed by atoms with Gasteiger partial charge in [-0.3, -0.25) is 9.59 Å². The summed E-state index contributed by atoms with van der Waals surface area (Å²) in [5, 5.41) is 1.91. The molecular weight excluding hydrogens is 236 g/mol. The van der Waals surface area contributed by atoms with Crippen LogP contribution in [0.25, 0.3) is 0 Å². The molecule has 1 aliphatic heterocycles. The maximum Gasteiger partial charge on any atom is 0.263 e. The van der Waals surface area contributed by atoms with Crippen LogP contribution in [0.3, 0.4) is 0 Å². The normalized spacial score (nSPS) is 17.1. The van der Waals surface area contributed by atoms with Crippen molar-refractivity contribution in [3.63, 3.8) is 0 Å². The highest BCUT2D eigenvalue weighted by atomic mass is 32.1. The fourth-order valence-electron chi connectivity index (χ4n) is 2.18. The largest absolute Gasteiger partial charge is 0.370 e. The molecule has 0 radical (unpaired) electrons. The van der Waals surface area contributed by atoms with Crippen LogP contribution in [-0.2, 0) is 4.79 Å². The second-order valence-electron chi connectivity index (χ2n) is 4.38. The molecule has 1 aromatic rings. The Kier molecular flexibility index (Phi) is 3.78. The Hall–Kier alpha value is -1.36. The molecule has 1 saturated heterocycles. The monoisotopic (exact) mass is 252 g/mol. The van der Waals surface area contributed by atoms with Crippen molar-refractivity contribution in [2.24, 2.45) is 11.7 Å². The van der Waals surface area contributed by atoms with Crippen molar-refractivity contribution in [2.45, 2.75) is 19.3 Å². The second kappa shape index (κ2) is 5.31. The number of hydrogen-bond acceptors (Lipinski definition) is 3. The topological polar surface area (TPSA) is 63.4 Å². The van der Waals surface area contributed by atoms with E-state index in [9.17, 15) is 9.59 Å². The van der Waals surface area contributed by atoms with Crippen LogP contribution in [0.15, 0.2) is 17.5 Å². The third-order valence-electron chi connectivity index (χ3n) is 3.12. The van der Waals surface area contributed by atoms with Crippen molar-refractivity contribution >= 4 is 23.2 Å². The first-order chi connectivity index (χ1) is 8.16. The Bertz CT molecular complexity index is 395. The van der Waals surface area contributed by atoms with Crippen molar-refractivity contribution in [3.05, 3.63) is 22.4 Å². The van der Waals surface area contributed by atoms with Crippen molar-refractivity contribution in [3.8, 4) is 0 Å². The average molecular weight is 252 g/mol. The van der Waals surface area contributed by atoms with Crippen LogP contribution in [-0.4, -0.2) is 29.8 Å². The number of nitrogens with two attached hydrogens (primary N) is 1. The van der Waals surface area contributed by atoms with Gasteiger partial charge in [0, 0.05) is 19.5 Å². The van der Waals surface area contributed by atoms with Crippen LogP contribution in [0.4, 0.5) is 0 Å². The van der Waals surface area contributed by atoms with Crippen LogP contribution in [0.2, 0.25) is 0 Å². The highest BCUT2D eigenvalue weighted by Gasteiger charge is 2.24.